The number of para-hydroxylation sites is 2. The number of carbonyl (C=O) groups is 1. The molecule has 1 amide bonds. The number of hydrogen-bond acceptors (Lipinski definition) is 5. The Hall–Kier alpha value is -2.57. The van der Waals surface area contributed by atoms with Gasteiger partial charge in [-0.25, -0.2) is 9.67 Å². The van der Waals surface area contributed by atoms with E-state index < -0.39 is 6.29 Å². The minimum Gasteiger partial charge on any atom is -0.442 e. The van der Waals surface area contributed by atoms with E-state index in [1.54, 1.807) is 16.8 Å². The van der Waals surface area contributed by atoms with E-state index in [9.17, 15) is 4.79 Å². The molecule has 0 fully saturated rings. The summed E-state index contributed by atoms with van der Waals surface area (Å²) >= 11 is 0. The summed E-state index contributed by atoms with van der Waals surface area (Å²) in [6.07, 6.45) is -0.942. The fraction of sp³-hybridized carbons (Fsp3) is 0.400. The van der Waals surface area contributed by atoms with Crippen LogP contribution in [0.15, 0.2) is 24.3 Å². The van der Waals surface area contributed by atoms with Crippen molar-refractivity contribution in [2.45, 2.75) is 33.1 Å². The first-order valence-corrected chi connectivity index (χ1v) is 7.14. The van der Waals surface area contributed by atoms with Crippen molar-refractivity contribution in [3.8, 4) is 11.5 Å². The lowest BCUT2D eigenvalue weighted by Gasteiger charge is -2.16. The first-order chi connectivity index (χ1) is 10.5. The van der Waals surface area contributed by atoms with Gasteiger partial charge in [-0.15, -0.1) is 0 Å². The number of amides is 1. The zero-order chi connectivity index (χ0) is 15.7. The minimum atomic E-state index is -0.942. The topological polar surface area (TPSA) is 78.3 Å². The van der Waals surface area contributed by atoms with E-state index in [1.165, 1.54) is 0 Å². The Balaban J connectivity index is 1.56. The lowest BCUT2D eigenvalue weighted by atomic mass is 10.3. The highest BCUT2D eigenvalue weighted by atomic mass is 16.7. The van der Waals surface area contributed by atoms with Gasteiger partial charge in [0.2, 0.25) is 0 Å². The number of nitrogens with one attached hydrogen (secondary N) is 1. The lowest BCUT2D eigenvalue weighted by molar-refractivity contribution is -0.136. The molecular weight excluding hydrogens is 284 g/mol. The second kappa shape index (κ2) is 5.67. The molecule has 1 aromatic heterocycles. The predicted molar refractivity (Wildman–Crippen MR) is 78.7 cm³/mol. The van der Waals surface area contributed by atoms with Crippen LogP contribution in [0.4, 0.5) is 0 Å². The molecule has 1 atom stereocenters. The van der Waals surface area contributed by atoms with E-state index >= 15 is 0 Å². The van der Waals surface area contributed by atoms with E-state index in [0.717, 1.165) is 5.82 Å². The Labute approximate surface area is 128 Å². The molecular formula is C15H18N4O3. The molecule has 116 valence electrons. The number of benzene rings is 1. The van der Waals surface area contributed by atoms with E-state index in [-0.39, 0.29) is 11.9 Å². The molecule has 0 aliphatic carbocycles. The summed E-state index contributed by atoms with van der Waals surface area (Å²) in [6, 6.07) is 7.20. The van der Waals surface area contributed by atoms with Gasteiger partial charge in [-0.3, -0.25) is 4.79 Å². The molecule has 1 aromatic carbocycles. The molecule has 1 aliphatic rings. The molecule has 2 aromatic rings. The van der Waals surface area contributed by atoms with E-state index in [4.69, 9.17) is 9.47 Å². The predicted octanol–water partition coefficient (Wildman–Crippen LogP) is 1.37. The largest absolute Gasteiger partial charge is 0.442 e. The van der Waals surface area contributed by atoms with Crippen LogP contribution >= 0.6 is 0 Å². The van der Waals surface area contributed by atoms with Crippen molar-refractivity contribution in [2.75, 3.05) is 6.54 Å². The Morgan fingerprint density at radius 1 is 1.32 bits per heavy atom. The number of aryl methyl sites for hydroxylation is 2. The molecule has 0 radical (unpaired) electrons. The first-order valence-electron chi connectivity index (χ1n) is 7.14. The maximum Gasteiger partial charge on any atom is 0.321 e. The van der Waals surface area contributed by atoms with Crippen LogP contribution in [0.3, 0.4) is 0 Å². The van der Waals surface area contributed by atoms with Crippen molar-refractivity contribution in [2.24, 2.45) is 0 Å². The standard InChI is InChI=1S/C15H18N4O3/c1-9(19-11(3)17-10(2)18-19)8-16-14(20)15-21-12-6-4-5-7-13(12)22-15/h4-7,9,15H,8H2,1-3H3,(H,16,20)/t9-/m1/s1. The normalized spacial score (nSPS) is 14.9. The van der Waals surface area contributed by atoms with Crippen LogP contribution in [0.1, 0.15) is 24.6 Å². The summed E-state index contributed by atoms with van der Waals surface area (Å²) in [6.45, 7) is 6.11. The Kier molecular flexibility index (Phi) is 3.70. The van der Waals surface area contributed by atoms with Gasteiger partial charge in [-0.05, 0) is 32.9 Å². The number of aromatic nitrogens is 3. The summed E-state index contributed by atoms with van der Waals surface area (Å²) in [5, 5.41) is 7.13. The molecule has 0 saturated carbocycles. The molecule has 7 heteroatoms. The second-order valence-corrected chi connectivity index (χ2v) is 5.26. The molecule has 0 unspecified atom stereocenters. The van der Waals surface area contributed by atoms with Gasteiger partial charge in [0.05, 0.1) is 6.04 Å². The van der Waals surface area contributed by atoms with Crippen LogP contribution in [0.2, 0.25) is 0 Å². The van der Waals surface area contributed by atoms with Gasteiger partial charge in [0.1, 0.15) is 11.6 Å². The molecule has 3 rings (SSSR count). The number of hydrogen-bond donors (Lipinski definition) is 1. The fourth-order valence-electron chi connectivity index (χ4n) is 2.38. The van der Waals surface area contributed by atoms with Gasteiger partial charge in [-0.2, -0.15) is 5.10 Å². The van der Waals surface area contributed by atoms with Crippen molar-refractivity contribution in [1.82, 2.24) is 20.1 Å². The van der Waals surface area contributed by atoms with Gasteiger partial charge in [0.15, 0.2) is 11.5 Å². The van der Waals surface area contributed by atoms with Crippen LogP contribution < -0.4 is 14.8 Å². The summed E-state index contributed by atoms with van der Waals surface area (Å²) in [7, 11) is 0. The molecule has 1 N–H and O–H groups in total. The quantitative estimate of drug-likeness (QED) is 0.923. The number of ether oxygens (including phenoxy) is 2. The number of nitrogens with zero attached hydrogens (tertiary/aromatic N) is 3. The Bertz CT molecular complexity index is 673. The third-order valence-electron chi connectivity index (χ3n) is 3.43. The summed E-state index contributed by atoms with van der Waals surface area (Å²) in [5.74, 6) is 2.39. The molecule has 22 heavy (non-hydrogen) atoms. The minimum absolute atomic E-state index is 0.00562. The van der Waals surface area contributed by atoms with Crippen LogP contribution in [-0.4, -0.2) is 33.5 Å². The summed E-state index contributed by atoms with van der Waals surface area (Å²) < 4.78 is 12.7. The molecule has 2 heterocycles. The van der Waals surface area contributed by atoms with Crippen molar-refractivity contribution in [1.29, 1.82) is 0 Å². The smallest absolute Gasteiger partial charge is 0.321 e. The number of rotatable bonds is 4. The summed E-state index contributed by atoms with van der Waals surface area (Å²) in [5.41, 5.74) is 0. The highest BCUT2D eigenvalue weighted by molar-refractivity contribution is 5.81. The molecule has 0 spiro atoms. The third kappa shape index (κ3) is 2.74. The lowest BCUT2D eigenvalue weighted by Crippen LogP contribution is -2.42. The zero-order valence-corrected chi connectivity index (χ0v) is 12.7. The maximum absolute atomic E-state index is 12.1. The average Bonchev–Trinajstić information content (AvgIpc) is 3.07. The van der Waals surface area contributed by atoms with Crippen molar-refractivity contribution in [3.63, 3.8) is 0 Å². The molecule has 0 bridgehead atoms. The van der Waals surface area contributed by atoms with Crippen LogP contribution in [0, 0.1) is 13.8 Å². The zero-order valence-electron chi connectivity index (χ0n) is 12.7. The van der Waals surface area contributed by atoms with E-state index in [2.05, 4.69) is 15.4 Å². The molecule has 7 nitrogen and oxygen atoms in total. The van der Waals surface area contributed by atoms with Gasteiger partial charge in [0, 0.05) is 6.54 Å². The van der Waals surface area contributed by atoms with Gasteiger partial charge in [-0.1, -0.05) is 12.1 Å². The second-order valence-electron chi connectivity index (χ2n) is 5.26. The van der Waals surface area contributed by atoms with Gasteiger partial charge >= 0.3 is 12.2 Å². The van der Waals surface area contributed by atoms with Gasteiger partial charge < -0.3 is 14.8 Å². The van der Waals surface area contributed by atoms with Crippen molar-refractivity contribution >= 4 is 5.91 Å². The SMILES string of the molecule is Cc1nc(C)n([C@H](C)CNC(=O)C2Oc3ccccc3O2)n1. The van der Waals surface area contributed by atoms with Gasteiger partial charge in [0.25, 0.3) is 0 Å². The molecule has 0 saturated heterocycles. The van der Waals surface area contributed by atoms with Crippen LogP contribution in [-0.2, 0) is 4.79 Å². The third-order valence-corrected chi connectivity index (χ3v) is 3.43. The summed E-state index contributed by atoms with van der Waals surface area (Å²) in [4.78, 5) is 16.4. The highest BCUT2D eigenvalue weighted by Crippen LogP contribution is 2.33. The number of fused-ring (bicyclic) bond motifs is 1. The Morgan fingerprint density at radius 3 is 2.50 bits per heavy atom. The van der Waals surface area contributed by atoms with E-state index in [1.807, 2.05) is 32.9 Å². The molecule has 1 aliphatic heterocycles. The highest BCUT2D eigenvalue weighted by Gasteiger charge is 2.30. The van der Waals surface area contributed by atoms with Crippen molar-refractivity contribution < 1.29 is 14.3 Å². The van der Waals surface area contributed by atoms with Crippen molar-refractivity contribution in [3.05, 3.63) is 35.9 Å². The first kappa shape index (κ1) is 14.4. The van der Waals surface area contributed by atoms with Crippen LogP contribution in [0.25, 0.3) is 0 Å². The fourth-order valence-corrected chi connectivity index (χ4v) is 2.38. The average molecular weight is 302 g/mol. The van der Waals surface area contributed by atoms with E-state index in [0.29, 0.717) is 23.9 Å². The monoisotopic (exact) mass is 302 g/mol. The van der Waals surface area contributed by atoms with Crippen LogP contribution in [0.5, 0.6) is 11.5 Å². The Morgan fingerprint density at radius 2 is 1.95 bits per heavy atom. The maximum atomic E-state index is 12.1. The number of carbonyl (C=O) groups excluding carboxylic acids is 1.